The molecule has 0 radical (unpaired) electrons. The Morgan fingerprint density at radius 3 is 2.61 bits per heavy atom. The SMILES string of the molecule is COc1cc([C@@H]2C(C(=O)c3cc4ccccc4o3)=C(O)C(=O)N2CCN(C)C)cc(Br)c1O. The number of nitrogens with zero attached hydrogens (tertiary/aromatic N) is 2. The fourth-order valence-corrected chi connectivity index (χ4v) is 4.36. The molecular formula is C24H23BrN2O6. The number of hydrogen-bond donors (Lipinski definition) is 2. The van der Waals surface area contributed by atoms with Gasteiger partial charge in [0, 0.05) is 18.5 Å². The summed E-state index contributed by atoms with van der Waals surface area (Å²) in [4.78, 5) is 29.9. The number of carbonyl (C=O) groups is 2. The van der Waals surface area contributed by atoms with Crippen molar-refractivity contribution in [3.8, 4) is 11.5 Å². The zero-order chi connectivity index (χ0) is 23.9. The molecule has 172 valence electrons. The van der Waals surface area contributed by atoms with Crippen molar-refractivity contribution in [2.24, 2.45) is 0 Å². The molecule has 0 unspecified atom stereocenters. The zero-order valence-corrected chi connectivity index (χ0v) is 19.9. The van der Waals surface area contributed by atoms with Crippen LogP contribution in [0.5, 0.6) is 11.5 Å². The maximum absolute atomic E-state index is 13.6. The van der Waals surface area contributed by atoms with E-state index in [9.17, 15) is 19.8 Å². The summed E-state index contributed by atoms with van der Waals surface area (Å²) in [5.41, 5.74) is 0.935. The monoisotopic (exact) mass is 514 g/mol. The lowest BCUT2D eigenvalue weighted by Gasteiger charge is -2.28. The van der Waals surface area contributed by atoms with Crippen LogP contribution in [0.1, 0.15) is 22.2 Å². The molecule has 0 bridgehead atoms. The predicted octanol–water partition coefficient (Wildman–Crippen LogP) is 4.05. The Labute approximate surface area is 198 Å². The number of para-hydroxylation sites is 1. The first-order valence-electron chi connectivity index (χ1n) is 10.2. The Balaban J connectivity index is 1.84. The molecule has 2 aromatic carbocycles. The highest BCUT2D eigenvalue weighted by atomic mass is 79.9. The molecule has 0 saturated heterocycles. The van der Waals surface area contributed by atoms with Gasteiger partial charge in [0.2, 0.25) is 5.78 Å². The lowest BCUT2D eigenvalue weighted by atomic mass is 9.94. The lowest BCUT2D eigenvalue weighted by Crippen LogP contribution is -2.36. The van der Waals surface area contributed by atoms with Gasteiger partial charge in [-0.05, 0) is 59.9 Å². The minimum atomic E-state index is -0.899. The van der Waals surface area contributed by atoms with Crippen molar-refractivity contribution < 1.29 is 29.0 Å². The van der Waals surface area contributed by atoms with E-state index in [1.165, 1.54) is 12.0 Å². The number of aliphatic hydroxyl groups excluding tert-OH is 1. The van der Waals surface area contributed by atoms with Crippen molar-refractivity contribution in [2.75, 3.05) is 34.3 Å². The van der Waals surface area contributed by atoms with Crippen molar-refractivity contribution in [1.82, 2.24) is 9.80 Å². The number of aromatic hydroxyl groups is 1. The van der Waals surface area contributed by atoms with E-state index >= 15 is 0 Å². The average molecular weight is 515 g/mol. The van der Waals surface area contributed by atoms with Crippen molar-refractivity contribution in [2.45, 2.75) is 6.04 Å². The number of amides is 1. The third-order valence-corrected chi connectivity index (χ3v) is 6.18. The van der Waals surface area contributed by atoms with Crippen LogP contribution >= 0.6 is 15.9 Å². The minimum absolute atomic E-state index is 0.0230. The number of ether oxygens (including phenoxy) is 1. The molecule has 1 atom stereocenters. The Morgan fingerprint density at radius 2 is 1.94 bits per heavy atom. The number of Topliss-reactive ketones (excluding diaryl/α,β-unsaturated/α-hetero) is 1. The van der Waals surface area contributed by atoms with Crippen molar-refractivity contribution in [3.05, 3.63) is 69.6 Å². The minimum Gasteiger partial charge on any atom is -0.503 e. The molecule has 1 aliphatic heterocycles. The van der Waals surface area contributed by atoms with E-state index < -0.39 is 23.5 Å². The summed E-state index contributed by atoms with van der Waals surface area (Å²) in [5.74, 6) is -1.77. The molecule has 4 rings (SSSR count). The number of furan rings is 1. The zero-order valence-electron chi connectivity index (χ0n) is 18.3. The van der Waals surface area contributed by atoms with E-state index in [4.69, 9.17) is 9.15 Å². The maximum Gasteiger partial charge on any atom is 0.290 e. The first-order chi connectivity index (χ1) is 15.7. The molecule has 0 fully saturated rings. The van der Waals surface area contributed by atoms with Crippen LogP contribution in [0.25, 0.3) is 11.0 Å². The Bertz CT molecular complexity index is 1250. The second kappa shape index (κ2) is 8.92. The Morgan fingerprint density at radius 1 is 1.21 bits per heavy atom. The molecule has 1 aromatic heterocycles. The summed E-state index contributed by atoms with van der Waals surface area (Å²) in [6.07, 6.45) is 0. The summed E-state index contributed by atoms with van der Waals surface area (Å²) in [5, 5.41) is 21.8. The molecule has 0 aliphatic carbocycles. The normalized spacial score (nSPS) is 16.3. The second-order valence-electron chi connectivity index (χ2n) is 8.00. The number of aliphatic hydroxyl groups is 1. The van der Waals surface area contributed by atoms with Gasteiger partial charge in [-0.25, -0.2) is 0 Å². The van der Waals surface area contributed by atoms with Gasteiger partial charge in [0.1, 0.15) is 5.58 Å². The van der Waals surface area contributed by atoms with Gasteiger partial charge in [0.15, 0.2) is 23.0 Å². The maximum atomic E-state index is 13.6. The Kier molecular flexibility index (Phi) is 6.18. The highest BCUT2D eigenvalue weighted by molar-refractivity contribution is 9.10. The van der Waals surface area contributed by atoms with Crippen LogP contribution in [0, 0.1) is 0 Å². The van der Waals surface area contributed by atoms with Crippen LogP contribution < -0.4 is 4.74 Å². The van der Waals surface area contributed by atoms with E-state index in [-0.39, 0.29) is 29.4 Å². The highest BCUT2D eigenvalue weighted by Gasteiger charge is 2.44. The number of methoxy groups -OCH3 is 1. The van der Waals surface area contributed by atoms with Gasteiger partial charge in [-0.3, -0.25) is 9.59 Å². The second-order valence-corrected chi connectivity index (χ2v) is 8.85. The number of carbonyl (C=O) groups excluding carboxylic acids is 2. The first-order valence-corrected chi connectivity index (χ1v) is 11.0. The van der Waals surface area contributed by atoms with Crippen LogP contribution in [-0.4, -0.2) is 66.0 Å². The van der Waals surface area contributed by atoms with E-state index in [1.54, 1.807) is 30.3 Å². The highest BCUT2D eigenvalue weighted by Crippen LogP contribution is 2.44. The number of ketones is 1. The van der Waals surface area contributed by atoms with Gasteiger partial charge in [-0.15, -0.1) is 0 Å². The van der Waals surface area contributed by atoms with Crippen LogP contribution in [0.4, 0.5) is 0 Å². The van der Waals surface area contributed by atoms with E-state index in [0.29, 0.717) is 22.2 Å². The fraction of sp³-hybridized carbons (Fsp3) is 0.250. The number of phenolic OH excluding ortho intramolecular Hbond substituents is 1. The van der Waals surface area contributed by atoms with Gasteiger partial charge in [-0.2, -0.15) is 0 Å². The topological polar surface area (TPSA) is 103 Å². The van der Waals surface area contributed by atoms with E-state index in [2.05, 4.69) is 15.9 Å². The molecule has 1 aliphatic rings. The van der Waals surface area contributed by atoms with Gasteiger partial charge in [0.05, 0.1) is 23.2 Å². The van der Waals surface area contributed by atoms with E-state index in [1.807, 2.05) is 31.1 Å². The van der Waals surface area contributed by atoms with Gasteiger partial charge in [0.25, 0.3) is 5.91 Å². The van der Waals surface area contributed by atoms with Crippen LogP contribution in [-0.2, 0) is 4.79 Å². The van der Waals surface area contributed by atoms with Crippen LogP contribution in [0.2, 0.25) is 0 Å². The van der Waals surface area contributed by atoms with Crippen molar-refractivity contribution >= 4 is 38.6 Å². The molecule has 9 heteroatoms. The largest absolute Gasteiger partial charge is 0.503 e. The number of benzene rings is 2. The lowest BCUT2D eigenvalue weighted by molar-refractivity contribution is -0.129. The number of hydrogen-bond acceptors (Lipinski definition) is 7. The third kappa shape index (κ3) is 4.09. The molecule has 0 saturated carbocycles. The number of likely N-dealkylation sites (N-methyl/N-ethyl adjacent to an activating group) is 1. The smallest absolute Gasteiger partial charge is 0.290 e. The van der Waals surface area contributed by atoms with Crippen LogP contribution in [0.15, 0.2) is 62.7 Å². The number of phenols is 1. The molecule has 33 heavy (non-hydrogen) atoms. The number of rotatable bonds is 7. The summed E-state index contributed by atoms with van der Waals surface area (Å²) in [7, 11) is 5.13. The molecule has 2 heterocycles. The summed E-state index contributed by atoms with van der Waals surface area (Å²) >= 11 is 3.30. The van der Waals surface area contributed by atoms with Gasteiger partial charge in [-0.1, -0.05) is 18.2 Å². The molecule has 2 N–H and O–H groups in total. The summed E-state index contributed by atoms with van der Waals surface area (Å²) in [6.45, 7) is 0.774. The fourth-order valence-electron chi connectivity index (χ4n) is 3.90. The molecule has 0 spiro atoms. The molecular weight excluding hydrogens is 492 g/mol. The predicted molar refractivity (Wildman–Crippen MR) is 126 cm³/mol. The summed E-state index contributed by atoms with van der Waals surface area (Å²) in [6, 6.07) is 11.0. The average Bonchev–Trinajstić information content (AvgIpc) is 3.33. The standard InChI is InChI=1S/C24H23BrN2O6/c1-26(2)8-9-27-20(14-10-15(25)21(28)17(12-14)32-3)19(23(30)24(27)31)22(29)18-11-13-6-4-5-7-16(13)33-18/h4-7,10-12,20,28,30H,8-9H2,1-3H3/t20-/m1/s1. The number of fused-ring (bicyclic) bond motifs is 1. The van der Waals surface area contributed by atoms with Gasteiger partial charge < -0.3 is 29.2 Å². The molecule has 1 amide bonds. The van der Waals surface area contributed by atoms with Gasteiger partial charge >= 0.3 is 0 Å². The third-order valence-electron chi connectivity index (χ3n) is 5.57. The number of halogens is 1. The molecule has 3 aromatic rings. The summed E-state index contributed by atoms with van der Waals surface area (Å²) < 4.78 is 11.3. The molecule has 8 nitrogen and oxygen atoms in total. The van der Waals surface area contributed by atoms with E-state index in [0.717, 1.165) is 5.39 Å². The Hall–Kier alpha value is -3.30. The van der Waals surface area contributed by atoms with Crippen LogP contribution in [0.3, 0.4) is 0 Å². The first kappa shape index (κ1) is 22.9. The van der Waals surface area contributed by atoms with Crippen molar-refractivity contribution in [1.29, 1.82) is 0 Å². The quantitative estimate of drug-likeness (QED) is 0.458. The van der Waals surface area contributed by atoms with Crippen molar-refractivity contribution in [3.63, 3.8) is 0 Å².